The largest absolute Gasteiger partial charge is 0.398 e. The Bertz CT molecular complexity index is 758. The second-order valence-corrected chi connectivity index (χ2v) is 6.16. The molecule has 0 aromatic heterocycles. The summed E-state index contributed by atoms with van der Waals surface area (Å²) in [6.45, 7) is 3.47. The first-order valence-corrected chi connectivity index (χ1v) is 7.44. The average molecular weight is 294 g/mol. The fourth-order valence-electron chi connectivity index (χ4n) is 1.87. The van der Waals surface area contributed by atoms with Crippen LogP contribution in [0.15, 0.2) is 41.3 Å². The van der Waals surface area contributed by atoms with Crippen molar-refractivity contribution in [3.05, 3.63) is 53.3 Å². The number of nitrogen functional groups attached to an aromatic ring is 1. The van der Waals surface area contributed by atoms with Crippen LogP contribution in [0.25, 0.3) is 0 Å². The van der Waals surface area contributed by atoms with E-state index in [2.05, 4.69) is 4.72 Å². The predicted octanol–water partition coefficient (Wildman–Crippen LogP) is 2.83. The summed E-state index contributed by atoms with van der Waals surface area (Å²) in [7, 11) is -3.99. The highest BCUT2D eigenvalue weighted by atomic mass is 32.2. The number of anilines is 2. The van der Waals surface area contributed by atoms with Crippen molar-refractivity contribution >= 4 is 21.4 Å². The molecular formula is C14H15FN2O2S. The van der Waals surface area contributed by atoms with Crippen molar-refractivity contribution in [2.75, 3.05) is 10.5 Å². The summed E-state index contributed by atoms with van der Waals surface area (Å²) in [5.41, 5.74) is 7.96. The third kappa shape index (κ3) is 2.60. The average Bonchev–Trinajstić information content (AvgIpc) is 2.39. The van der Waals surface area contributed by atoms with E-state index >= 15 is 0 Å². The van der Waals surface area contributed by atoms with Gasteiger partial charge >= 0.3 is 0 Å². The van der Waals surface area contributed by atoms with Crippen molar-refractivity contribution in [2.45, 2.75) is 18.7 Å². The molecule has 0 amide bonds. The van der Waals surface area contributed by atoms with Gasteiger partial charge in [-0.2, -0.15) is 0 Å². The molecule has 0 heterocycles. The van der Waals surface area contributed by atoms with E-state index in [-0.39, 0.29) is 4.90 Å². The molecule has 0 unspecified atom stereocenters. The van der Waals surface area contributed by atoms with Crippen LogP contribution in [0.2, 0.25) is 0 Å². The van der Waals surface area contributed by atoms with Gasteiger partial charge in [0.25, 0.3) is 10.0 Å². The van der Waals surface area contributed by atoms with Crippen molar-refractivity contribution in [1.82, 2.24) is 0 Å². The van der Waals surface area contributed by atoms with Crippen LogP contribution in [0.3, 0.4) is 0 Å². The van der Waals surface area contributed by atoms with Crippen molar-refractivity contribution in [1.29, 1.82) is 0 Å². The molecule has 2 aromatic rings. The number of nitrogens with two attached hydrogens (primary N) is 1. The summed E-state index contributed by atoms with van der Waals surface area (Å²) in [5.74, 6) is -0.792. The molecule has 2 aromatic carbocycles. The number of hydrogen-bond donors (Lipinski definition) is 2. The molecule has 0 spiro atoms. The molecule has 20 heavy (non-hydrogen) atoms. The first kappa shape index (κ1) is 14.3. The molecule has 0 aliphatic carbocycles. The van der Waals surface area contributed by atoms with E-state index in [1.165, 1.54) is 18.2 Å². The summed E-state index contributed by atoms with van der Waals surface area (Å²) in [5, 5.41) is 0. The molecular weight excluding hydrogens is 279 g/mol. The molecule has 4 nitrogen and oxygen atoms in total. The van der Waals surface area contributed by atoms with Gasteiger partial charge in [-0.3, -0.25) is 4.72 Å². The third-order valence-corrected chi connectivity index (χ3v) is 4.46. The Balaban J connectivity index is 2.50. The van der Waals surface area contributed by atoms with Crippen LogP contribution >= 0.6 is 0 Å². The summed E-state index contributed by atoms with van der Waals surface area (Å²) in [4.78, 5) is -0.388. The van der Waals surface area contributed by atoms with E-state index in [9.17, 15) is 12.8 Å². The molecule has 2 rings (SSSR count). The first-order chi connectivity index (χ1) is 9.33. The van der Waals surface area contributed by atoms with Crippen molar-refractivity contribution in [2.24, 2.45) is 0 Å². The number of hydrogen-bond acceptors (Lipinski definition) is 3. The van der Waals surface area contributed by atoms with Gasteiger partial charge in [0.05, 0.1) is 5.69 Å². The topological polar surface area (TPSA) is 72.2 Å². The molecule has 0 aliphatic rings. The third-order valence-electron chi connectivity index (χ3n) is 3.08. The zero-order valence-corrected chi connectivity index (χ0v) is 12.0. The van der Waals surface area contributed by atoms with Crippen LogP contribution in [0.1, 0.15) is 11.1 Å². The number of nitrogens with one attached hydrogen (secondary N) is 1. The van der Waals surface area contributed by atoms with Crippen molar-refractivity contribution < 1.29 is 12.8 Å². The van der Waals surface area contributed by atoms with Crippen molar-refractivity contribution in [3.63, 3.8) is 0 Å². The van der Waals surface area contributed by atoms with Gasteiger partial charge in [0.15, 0.2) is 0 Å². The SMILES string of the molecule is Cc1ccc(N)c(C)c1NS(=O)(=O)c1ccccc1F. The smallest absolute Gasteiger partial charge is 0.264 e. The van der Waals surface area contributed by atoms with Crippen molar-refractivity contribution in [3.8, 4) is 0 Å². The van der Waals surface area contributed by atoms with Gasteiger partial charge < -0.3 is 5.73 Å². The highest BCUT2D eigenvalue weighted by Crippen LogP contribution is 2.28. The van der Waals surface area contributed by atoms with Gasteiger partial charge in [0, 0.05) is 5.69 Å². The van der Waals surface area contributed by atoms with Gasteiger partial charge in [-0.15, -0.1) is 0 Å². The number of benzene rings is 2. The molecule has 0 bridgehead atoms. The minimum absolute atomic E-state index is 0.383. The van der Waals surface area contributed by atoms with Gasteiger partial charge in [-0.05, 0) is 43.2 Å². The zero-order chi connectivity index (χ0) is 14.9. The molecule has 6 heteroatoms. The summed E-state index contributed by atoms with van der Waals surface area (Å²) in [6.07, 6.45) is 0. The van der Waals surface area contributed by atoms with Crippen LogP contribution in [-0.2, 0) is 10.0 Å². The van der Waals surface area contributed by atoms with E-state index in [1.807, 2.05) is 0 Å². The summed E-state index contributed by atoms with van der Waals surface area (Å²) in [6, 6.07) is 8.64. The van der Waals surface area contributed by atoms with Crippen LogP contribution in [-0.4, -0.2) is 8.42 Å². The first-order valence-electron chi connectivity index (χ1n) is 5.96. The van der Waals surface area contributed by atoms with Crippen LogP contribution in [0.4, 0.5) is 15.8 Å². The Morgan fingerprint density at radius 1 is 1.10 bits per heavy atom. The van der Waals surface area contributed by atoms with Crippen LogP contribution < -0.4 is 10.5 Å². The standard InChI is InChI=1S/C14H15FN2O2S/c1-9-7-8-12(16)10(2)14(9)17-20(18,19)13-6-4-3-5-11(13)15/h3-8,17H,16H2,1-2H3. The second-order valence-electron chi connectivity index (χ2n) is 4.51. The summed E-state index contributed by atoms with van der Waals surface area (Å²) >= 11 is 0. The normalized spacial score (nSPS) is 11.3. The monoisotopic (exact) mass is 294 g/mol. The highest BCUT2D eigenvalue weighted by molar-refractivity contribution is 7.92. The molecule has 0 aliphatic heterocycles. The maximum Gasteiger partial charge on any atom is 0.264 e. The molecule has 0 saturated heterocycles. The van der Waals surface area contributed by atoms with Crippen LogP contribution in [0, 0.1) is 19.7 Å². The van der Waals surface area contributed by atoms with Gasteiger partial charge in [-0.1, -0.05) is 18.2 Å². The minimum atomic E-state index is -3.99. The van der Waals surface area contributed by atoms with Gasteiger partial charge in [0.2, 0.25) is 0 Å². The lowest BCUT2D eigenvalue weighted by atomic mass is 10.1. The van der Waals surface area contributed by atoms with E-state index in [1.54, 1.807) is 26.0 Å². The van der Waals surface area contributed by atoms with E-state index in [0.717, 1.165) is 11.6 Å². The lowest BCUT2D eigenvalue weighted by Gasteiger charge is -2.15. The molecule has 0 saturated carbocycles. The molecule has 0 atom stereocenters. The minimum Gasteiger partial charge on any atom is -0.398 e. The van der Waals surface area contributed by atoms with Gasteiger partial charge in [-0.25, -0.2) is 12.8 Å². The number of halogens is 1. The zero-order valence-electron chi connectivity index (χ0n) is 11.1. The Morgan fingerprint density at radius 2 is 1.75 bits per heavy atom. The molecule has 0 fully saturated rings. The van der Waals surface area contributed by atoms with E-state index in [0.29, 0.717) is 16.9 Å². The number of rotatable bonds is 3. The fourth-order valence-corrected chi connectivity index (χ4v) is 3.15. The summed E-state index contributed by atoms with van der Waals surface area (Å²) < 4.78 is 40.5. The van der Waals surface area contributed by atoms with E-state index < -0.39 is 15.8 Å². The van der Waals surface area contributed by atoms with Gasteiger partial charge in [0.1, 0.15) is 10.7 Å². The maximum absolute atomic E-state index is 13.6. The number of sulfonamides is 1. The second kappa shape index (κ2) is 5.13. The highest BCUT2D eigenvalue weighted by Gasteiger charge is 2.20. The van der Waals surface area contributed by atoms with Crippen LogP contribution in [0.5, 0.6) is 0 Å². The van der Waals surface area contributed by atoms with E-state index in [4.69, 9.17) is 5.73 Å². The Morgan fingerprint density at radius 3 is 2.40 bits per heavy atom. The molecule has 3 N–H and O–H groups in total. The Kier molecular flexibility index (Phi) is 3.67. The maximum atomic E-state index is 13.6. The fraction of sp³-hybridized carbons (Fsp3) is 0.143. The quantitative estimate of drug-likeness (QED) is 0.855. The lowest BCUT2D eigenvalue weighted by Crippen LogP contribution is -2.16. The number of aryl methyl sites for hydroxylation is 1. The molecule has 106 valence electrons. The predicted molar refractivity (Wildman–Crippen MR) is 77.5 cm³/mol. The Labute approximate surface area is 117 Å². The lowest BCUT2D eigenvalue weighted by molar-refractivity contribution is 0.570. The Hall–Kier alpha value is -2.08. The molecule has 0 radical (unpaired) electrons.